The number of aliphatic hydroxyl groups excluding tert-OH is 1. The summed E-state index contributed by atoms with van der Waals surface area (Å²) in [6.07, 6.45) is 2.41. The molecule has 2 aromatic rings. The van der Waals surface area contributed by atoms with E-state index in [0.717, 1.165) is 16.7 Å². The van der Waals surface area contributed by atoms with Crippen molar-refractivity contribution in [2.75, 3.05) is 25.6 Å². The Labute approximate surface area is 131 Å². The molecule has 4 rings (SSSR count). The zero-order valence-corrected chi connectivity index (χ0v) is 13.2. The van der Waals surface area contributed by atoms with Crippen molar-refractivity contribution in [2.45, 2.75) is 24.0 Å². The molecular formula is C14H17N3O2S2. The van der Waals surface area contributed by atoms with Crippen molar-refractivity contribution < 1.29 is 9.84 Å². The van der Waals surface area contributed by atoms with Crippen LogP contribution in [0.15, 0.2) is 22.7 Å². The van der Waals surface area contributed by atoms with Gasteiger partial charge in [-0.3, -0.25) is 4.57 Å². The minimum absolute atomic E-state index is 0.0892. The molecule has 0 radical (unpaired) electrons. The molecule has 1 saturated heterocycles. The second-order valence-corrected chi connectivity index (χ2v) is 7.71. The second-order valence-electron chi connectivity index (χ2n) is 5.82. The lowest BCUT2D eigenvalue weighted by molar-refractivity contribution is -0.121. The van der Waals surface area contributed by atoms with E-state index in [1.807, 2.05) is 6.07 Å². The highest BCUT2D eigenvalue weighted by atomic mass is 32.2. The third-order valence-corrected chi connectivity index (χ3v) is 6.14. The van der Waals surface area contributed by atoms with Gasteiger partial charge >= 0.3 is 0 Å². The quantitative estimate of drug-likeness (QED) is 0.828. The van der Waals surface area contributed by atoms with Gasteiger partial charge in [0.1, 0.15) is 0 Å². The van der Waals surface area contributed by atoms with Crippen molar-refractivity contribution in [3.63, 3.8) is 0 Å². The zero-order valence-electron chi connectivity index (χ0n) is 11.6. The van der Waals surface area contributed by atoms with Gasteiger partial charge in [-0.2, -0.15) is 0 Å². The van der Waals surface area contributed by atoms with Gasteiger partial charge in [0.05, 0.1) is 24.7 Å². The summed E-state index contributed by atoms with van der Waals surface area (Å²) in [5, 5.41) is 21.4. The molecule has 112 valence electrons. The first-order chi connectivity index (χ1) is 10.3. The predicted molar refractivity (Wildman–Crippen MR) is 82.7 cm³/mol. The van der Waals surface area contributed by atoms with Gasteiger partial charge in [-0.25, -0.2) is 0 Å². The number of rotatable bonds is 6. The summed E-state index contributed by atoms with van der Waals surface area (Å²) < 4.78 is 7.54. The minimum atomic E-state index is -0.0892. The number of hydrogen-bond donors (Lipinski definition) is 1. The van der Waals surface area contributed by atoms with Crippen molar-refractivity contribution in [2.24, 2.45) is 5.41 Å². The molecule has 2 aliphatic rings. The van der Waals surface area contributed by atoms with Crippen molar-refractivity contribution in [3.8, 4) is 10.7 Å². The van der Waals surface area contributed by atoms with Crippen LogP contribution in [0.2, 0.25) is 0 Å². The summed E-state index contributed by atoms with van der Waals surface area (Å²) in [5.41, 5.74) is -0.0892. The molecule has 0 amide bonds. The molecule has 2 aromatic heterocycles. The molecule has 2 fully saturated rings. The Morgan fingerprint density at radius 3 is 2.86 bits per heavy atom. The third-order valence-electron chi connectivity index (χ3n) is 3.98. The summed E-state index contributed by atoms with van der Waals surface area (Å²) in [4.78, 5) is 1.17. The number of aromatic nitrogens is 3. The van der Waals surface area contributed by atoms with Gasteiger partial charge in [0.2, 0.25) is 0 Å². The summed E-state index contributed by atoms with van der Waals surface area (Å²) in [7, 11) is 0. The Balaban J connectivity index is 1.58. The first-order valence-corrected chi connectivity index (χ1v) is 8.98. The highest BCUT2D eigenvalue weighted by Crippen LogP contribution is 2.43. The summed E-state index contributed by atoms with van der Waals surface area (Å²) in [6.45, 7) is 1.47. The molecular weight excluding hydrogens is 306 g/mol. The molecule has 0 unspecified atom stereocenters. The van der Waals surface area contributed by atoms with Gasteiger partial charge in [0.15, 0.2) is 11.0 Å². The first-order valence-electron chi connectivity index (χ1n) is 7.11. The van der Waals surface area contributed by atoms with E-state index in [9.17, 15) is 5.11 Å². The smallest absolute Gasteiger partial charge is 0.191 e. The van der Waals surface area contributed by atoms with Crippen molar-refractivity contribution in [1.29, 1.82) is 0 Å². The van der Waals surface area contributed by atoms with Gasteiger partial charge in [-0.15, -0.1) is 21.5 Å². The molecule has 1 aliphatic carbocycles. The van der Waals surface area contributed by atoms with Crippen LogP contribution in [0.5, 0.6) is 0 Å². The Hall–Kier alpha value is -0.890. The van der Waals surface area contributed by atoms with E-state index in [1.165, 1.54) is 17.7 Å². The van der Waals surface area contributed by atoms with E-state index in [1.54, 1.807) is 23.1 Å². The summed E-state index contributed by atoms with van der Waals surface area (Å²) >= 11 is 3.39. The van der Waals surface area contributed by atoms with E-state index in [4.69, 9.17) is 4.74 Å². The largest absolute Gasteiger partial charge is 0.396 e. The fraction of sp³-hybridized carbons (Fsp3) is 0.571. The lowest BCUT2D eigenvalue weighted by Gasteiger charge is -2.39. The average molecular weight is 323 g/mol. The molecule has 1 N–H and O–H groups in total. The average Bonchev–Trinajstić information content (AvgIpc) is 3.00. The van der Waals surface area contributed by atoms with Crippen LogP contribution < -0.4 is 0 Å². The molecule has 0 bridgehead atoms. The number of aliphatic hydroxyl groups is 1. The number of nitrogens with zero attached hydrogens (tertiary/aromatic N) is 3. The lowest BCUT2D eigenvalue weighted by Crippen LogP contribution is -2.47. The van der Waals surface area contributed by atoms with Crippen molar-refractivity contribution >= 4 is 23.1 Å². The Bertz CT molecular complexity index is 613. The van der Waals surface area contributed by atoms with E-state index in [0.29, 0.717) is 19.3 Å². The van der Waals surface area contributed by atoms with E-state index >= 15 is 0 Å². The molecule has 21 heavy (non-hydrogen) atoms. The van der Waals surface area contributed by atoms with Crippen LogP contribution in [0.3, 0.4) is 0 Å². The van der Waals surface area contributed by atoms with Crippen LogP contribution >= 0.6 is 23.1 Å². The number of thiophene rings is 1. The monoisotopic (exact) mass is 323 g/mol. The van der Waals surface area contributed by atoms with E-state index < -0.39 is 0 Å². The zero-order chi connectivity index (χ0) is 14.3. The second kappa shape index (κ2) is 5.39. The maximum absolute atomic E-state index is 9.53. The maximum Gasteiger partial charge on any atom is 0.191 e. The van der Waals surface area contributed by atoms with Crippen LogP contribution in [-0.2, 0) is 4.74 Å². The molecule has 0 spiro atoms. The molecule has 0 atom stereocenters. The summed E-state index contributed by atoms with van der Waals surface area (Å²) in [6, 6.07) is 4.68. The van der Waals surface area contributed by atoms with Crippen LogP contribution in [0.4, 0.5) is 0 Å². The fourth-order valence-electron chi connectivity index (χ4n) is 2.44. The van der Waals surface area contributed by atoms with Gasteiger partial charge in [0, 0.05) is 17.2 Å². The van der Waals surface area contributed by atoms with Gasteiger partial charge in [0.25, 0.3) is 0 Å². The number of ether oxygens (including phenoxy) is 1. The van der Waals surface area contributed by atoms with Gasteiger partial charge in [-0.1, -0.05) is 17.8 Å². The number of thioether (sulfide) groups is 1. The molecule has 1 saturated carbocycles. The SMILES string of the molecule is OCC1(CSc2nnc(-c3cccs3)n2C2CC2)COC1. The Kier molecular flexibility index (Phi) is 3.53. The molecule has 3 heterocycles. The van der Waals surface area contributed by atoms with Gasteiger partial charge < -0.3 is 9.84 Å². The summed E-state index contributed by atoms with van der Waals surface area (Å²) in [5.74, 6) is 1.82. The molecule has 1 aliphatic heterocycles. The first kappa shape index (κ1) is 13.8. The Morgan fingerprint density at radius 1 is 1.43 bits per heavy atom. The van der Waals surface area contributed by atoms with Crippen LogP contribution in [0.1, 0.15) is 18.9 Å². The molecule has 0 aromatic carbocycles. The maximum atomic E-state index is 9.53. The highest BCUT2D eigenvalue weighted by Gasteiger charge is 2.39. The fourth-order valence-corrected chi connectivity index (χ4v) is 4.31. The predicted octanol–water partition coefficient (Wildman–Crippen LogP) is 2.44. The van der Waals surface area contributed by atoms with E-state index in [2.05, 4.69) is 26.2 Å². The van der Waals surface area contributed by atoms with Gasteiger partial charge in [-0.05, 0) is 24.3 Å². The van der Waals surface area contributed by atoms with Crippen molar-refractivity contribution in [3.05, 3.63) is 17.5 Å². The van der Waals surface area contributed by atoms with Crippen LogP contribution in [0, 0.1) is 5.41 Å². The lowest BCUT2D eigenvalue weighted by atomic mass is 9.90. The topological polar surface area (TPSA) is 60.2 Å². The van der Waals surface area contributed by atoms with Crippen molar-refractivity contribution in [1.82, 2.24) is 14.8 Å². The van der Waals surface area contributed by atoms with E-state index in [-0.39, 0.29) is 12.0 Å². The molecule has 7 heteroatoms. The van der Waals surface area contributed by atoms with Crippen LogP contribution in [0.25, 0.3) is 10.7 Å². The normalized spacial score (nSPS) is 20.4. The number of hydrogen-bond acceptors (Lipinski definition) is 6. The highest BCUT2D eigenvalue weighted by molar-refractivity contribution is 7.99. The third kappa shape index (κ3) is 2.52. The Morgan fingerprint density at radius 2 is 2.29 bits per heavy atom. The standard InChI is InChI=1S/C14H17N3O2S2/c18-6-14(7-19-8-14)9-21-13-16-15-12(11-2-1-5-20-11)17(13)10-3-4-10/h1-2,5,10,18H,3-4,6-9H2. The minimum Gasteiger partial charge on any atom is -0.396 e. The molecule has 5 nitrogen and oxygen atoms in total. The van der Waals surface area contributed by atoms with Crippen LogP contribution in [-0.4, -0.2) is 45.4 Å².